The van der Waals surface area contributed by atoms with E-state index in [4.69, 9.17) is 9.47 Å². The fourth-order valence-corrected chi connectivity index (χ4v) is 5.04. The van der Waals surface area contributed by atoms with E-state index in [0.717, 1.165) is 56.6 Å². The van der Waals surface area contributed by atoms with Gasteiger partial charge < -0.3 is 14.8 Å². The monoisotopic (exact) mass is 420 g/mol. The molecule has 1 aromatic heterocycles. The van der Waals surface area contributed by atoms with E-state index in [2.05, 4.69) is 58.8 Å². The van der Waals surface area contributed by atoms with Crippen LogP contribution >= 0.6 is 11.3 Å². The molecule has 5 heteroatoms. The second-order valence-corrected chi connectivity index (χ2v) is 9.24. The summed E-state index contributed by atoms with van der Waals surface area (Å²) in [6.07, 6.45) is 8.98. The maximum absolute atomic E-state index is 6.34. The predicted octanol–water partition coefficient (Wildman–Crippen LogP) is 5.69. The second kappa shape index (κ2) is 9.19. The van der Waals surface area contributed by atoms with Crippen LogP contribution < -0.4 is 14.8 Å². The second-order valence-electron chi connectivity index (χ2n) is 8.27. The Morgan fingerprint density at radius 3 is 2.70 bits per heavy atom. The number of nitrogens with zero attached hydrogens (tertiary/aromatic N) is 1. The van der Waals surface area contributed by atoms with Gasteiger partial charge in [-0.2, -0.15) is 0 Å². The van der Waals surface area contributed by atoms with E-state index < -0.39 is 0 Å². The smallest absolute Gasteiger partial charge is 0.124 e. The maximum atomic E-state index is 6.34. The van der Waals surface area contributed by atoms with Crippen molar-refractivity contribution in [2.45, 2.75) is 63.3 Å². The Bertz CT molecular complexity index is 937. The maximum Gasteiger partial charge on any atom is 0.124 e. The Labute approximate surface area is 182 Å². The lowest BCUT2D eigenvalue weighted by atomic mass is 9.93. The van der Waals surface area contributed by atoms with E-state index in [1.54, 1.807) is 11.3 Å². The van der Waals surface area contributed by atoms with Crippen molar-refractivity contribution >= 4 is 11.3 Å². The topological polar surface area (TPSA) is 43.4 Å². The zero-order valence-corrected chi connectivity index (χ0v) is 17.9. The highest BCUT2D eigenvalue weighted by molar-refractivity contribution is 7.09. The highest BCUT2D eigenvalue weighted by Gasteiger charge is 2.24. The molecule has 0 spiro atoms. The number of benzene rings is 2. The summed E-state index contributed by atoms with van der Waals surface area (Å²) in [7, 11) is 0. The SMILES string of the molecule is c1ccc(C2CCc3cc(OC4CCC(NCc5cncs5)CC4)ccc3O2)cc1. The van der Waals surface area contributed by atoms with Crippen molar-refractivity contribution in [3.05, 3.63) is 76.2 Å². The molecule has 1 atom stereocenters. The average molecular weight is 421 g/mol. The van der Waals surface area contributed by atoms with Gasteiger partial charge in [-0.05, 0) is 67.9 Å². The molecule has 5 rings (SSSR count). The number of fused-ring (bicyclic) bond motifs is 1. The number of rotatable bonds is 6. The van der Waals surface area contributed by atoms with Gasteiger partial charge in [0.05, 0.1) is 11.6 Å². The van der Waals surface area contributed by atoms with Gasteiger partial charge in [0.25, 0.3) is 0 Å². The molecule has 0 amide bonds. The molecule has 2 aliphatic rings. The summed E-state index contributed by atoms with van der Waals surface area (Å²) < 4.78 is 12.6. The van der Waals surface area contributed by atoms with Gasteiger partial charge in [-0.3, -0.25) is 4.98 Å². The van der Waals surface area contributed by atoms with Crippen molar-refractivity contribution in [2.24, 2.45) is 0 Å². The molecule has 30 heavy (non-hydrogen) atoms. The summed E-state index contributed by atoms with van der Waals surface area (Å²) in [5.41, 5.74) is 4.41. The molecular weight excluding hydrogens is 392 g/mol. The minimum absolute atomic E-state index is 0.151. The fraction of sp³-hybridized carbons (Fsp3) is 0.400. The largest absolute Gasteiger partial charge is 0.490 e. The van der Waals surface area contributed by atoms with Crippen LogP contribution in [0.25, 0.3) is 0 Å². The van der Waals surface area contributed by atoms with Gasteiger partial charge in [0.1, 0.15) is 17.6 Å². The molecule has 3 aromatic rings. The lowest BCUT2D eigenvalue weighted by Gasteiger charge is -2.30. The first-order chi connectivity index (χ1) is 14.8. The first-order valence-corrected chi connectivity index (χ1v) is 11.8. The van der Waals surface area contributed by atoms with Crippen LogP contribution in [-0.4, -0.2) is 17.1 Å². The molecule has 156 valence electrons. The third kappa shape index (κ3) is 4.68. The van der Waals surface area contributed by atoms with E-state index in [1.807, 2.05) is 11.7 Å². The van der Waals surface area contributed by atoms with Crippen LogP contribution in [0.1, 0.15) is 54.2 Å². The highest BCUT2D eigenvalue weighted by atomic mass is 32.1. The van der Waals surface area contributed by atoms with Crippen molar-refractivity contribution in [2.75, 3.05) is 0 Å². The van der Waals surface area contributed by atoms with Gasteiger partial charge >= 0.3 is 0 Å². The van der Waals surface area contributed by atoms with Crippen LogP contribution in [0.2, 0.25) is 0 Å². The number of aryl methyl sites for hydroxylation is 1. The Kier molecular flexibility index (Phi) is 6.00. The van der Waals surface area contributed by atoms with E-state index in [-0.39, 0.29) is 6.10 Å². The van der Waals surface area contributed by atoms with Gasteiger partial charge in [-0.15, -0.1) is 11.3 Å². The Morgan fingerprint density at radius 2 is 1.90 bits per heavy atom. The molecule has 1 aliphatic heterocycles. The zero-order valence-electron chi connectivity index (χ0n) is 17.1. The molecule has 0 radical (unpaired) electrons. The molecule has 0 saturated heterocycles. The Hall–Kier alpha value is -2.37. The van der Waals surface area contributed by atoms with Crippen molar-refractivity contribution in [3.8, 4) is 11.5 Å². The van der Waals surface area contributed by atoms with Gasteiger partial charge in [-0.1, -0.05) is 30.3 Å². The Morgan fingerprint density at radius 1 is 1.03 bits per heavy atom. The van der Waals surface area contributed by atoms with Crippen molar-refractivity contribution in [3.63, 3.8) is 0 Å². The van der Waals surface area contributed by atoms with Gasteiger partial charge in [0.2, 0.25) is 0 Å². The third-order valence-electron chi connectivity index (χ3n) is 6.17. The van der Waals surface area contributed by atoms with E-state index in [0.29, 0.717) is 12.1 Å². The van der Waals surface area contributed by atoms with Crippen LogP contribution in [-0.2, 0) is 13.0 Å². The number of hydrogen-bond donors (Lipinski definition) is 1. The van der Waals surface area contributed by atoms with Crippen LogP contribution in [0.5, 0.6) is 11.5 Å². The first kappa shape index (κ1) is 19.6. The summed E-state index contributed by atoms with van der Waals surface area (Å²) in [4.78, 5) is 5.45. The standard InChI is InChI=1S/C25H28N2O2S/c1-2-4-18(5-3-1)24-12-6-19-14-22(11-13-25(19)29-24)28-21-9-7-20(8-10-21)27-16-23-15-26-17-30-23/h1-5,11,13-15,17,20-21,24,27H,6-10,12,16H2. The molecule has 1 fully saturated rings. The predicted molar refractivity (Wildman–Crippen MR) is 120 cm³/mol. The summed E-state index contributed by atoms with van der Waals surface area (Å²) >= 11 is 1.72. The summed E-state index contributed by atoms with van der Waals surface area (Å²) in [5.74, 6) is 1.98. The molecule has 4 nitrogen and oxygen atoms in total. The summed E-state index contributed by atoms with van der Waals surface area (Å²) in [6, 6.07) is 17.4. The molecule has 1 aliphatic carbocycles. The van der Waals surface area contributed by atoms with Crippen LogP contribution in [0.15, 0.2) is 60.2 Å². The van der Waals surface area contributed by atoms with E-state index >= 15 is 0 Å². The first-order valence-electron chi connectivity index (χ1n) is 11.0. The number of aromatic nitrogens is 1. The average Bonchev–Trinajstić information content (AvgIpc) is 3.33. The normalized spacial score (nSPS) is 23.4. The lowest BCUT2D eigenvalue weighted by molar-refractivity contribution is 0.138. The fourth-order valence-electron chi connectivity index (χ4n) is 4.49. The zero-order chi connectivity index (χ0) is 20.2. The number of ether oxygens (including phenoxy) is 2. The number of nitrogens with one attached hydrogen (secondary N) is 1. The molecule has 0 bridgehead atoms. The molecule has 1 unspecified atom stereocenters. The number of thiazole rings is 1. The molecule has 1 N–H and O–H groups in total. The van der Waals surface area contributed by atoms with E-state index in [1.165, 1.54) is 16.0 Å². The summed E-state index contributed by atoms with van der Waals surface area (Å²) in [6.45, 7) is 0.926. The summed E-state index contributed by atoms with van der Waals surface area (Å²) in [5, 5.41) is 3.67. The Balaban J connectivity index is 1.13. The lowest BCUT2D eigenvalue weighted by Crippen LogP contribution is -2.35. The minimum atomic E-state index is 0.151. The van der Waals surface area contributed by atoms with E-state index in [9.17, 15) is 0 Å². The molecular formula is C25H28N2O2S. The molecule has 1 saturated carbocycles. The quantitative estimate of drug-likeness (QED) is 0.556. The van der Waals surface area contributed by atoms with Crippen LogP contribution in [0, 0.1) is 0 Å². The molecule has 2 aromatic carbocycles. The van der Waals surface area contributed by atoms with Crippen molar-refractivity contribution in [1.82, 2.24) is 10.3 Å². The van der Waals surface area contributed by atoms with Crippen molar-refractivity contribution in [1.29, 1.82) is 0 Å². The van der Waals surface area contributed by atoms with Crippen molar-refractivity contribution < 1.29 is 9.47 Å². The van der Waals surface area contributed by atoms with Crippen LogP contribution in [0.4, 0.5) is 0 Å². The van der Waals surface area contributed by atoms with Gasteiger partial charge in [0.15, 0.2) is 0 Å². The van der Waals surface area contributed by atoms with Crippen LogP contribution in [0.3, 0.4) is 0 Å². The minimum Gasteiger partial charge on any atom is -0.490 e. The van der Waals surface area contributed by atoms with Gasteiger partial charge in [-0.25, -0.2) is 0 Å². The molecule has 2 heterocycles. The van der Waals surface area contributed by atoms with Gasteiger partial charge in [0, 0.05) is 23.7 Å². The highest BCUT2D eigenvalue weighted by Crippen LogP contribution is 2.37. The number of hydrogen-bond acceptors (Lipinski definition) is 5. The third-order valence-corrected chi connectivity index (χ3v) is 6.95.